The van der Waals surface area contributed by atoms with Crippen LogP contribution in [0.25, 0.3) is 0 Å². The predicted octanol–water partition coefficient (Wildman–Crippen LogP) is 3.66. The molecule has 0 amide bonds. The van der Waals surface area contributed by atoms with Crippen LogP contribution in [0.1, 0.15) is 46.0 Å². The Balaban J connectivity index is 2.30. The highest BCUT2D eigenvalue weighted by molar-refractivity contribution is 6.09. The van der Waals surface area contributed by atoms with Crippen LogP contribution >= 0.6 is 0 Å². The van der Waals surface area contributed by atoms with Crippen molar-refractivity contribution in [2.75, 3.05) is 0 Å². The maximum absolute atomic E-state index is 12.0. The molecular weight excluding hydrogens is 184 g/mol. The van der Waals surface area contributed by atoms with Crippen molar-refractivity contribution in [3.8, 4) is 0 Å². The molecule has 0 atom stereocenters. The second-order valence-corrected chi connectivity index (χ2v) is 5.68. The highest BCUT2D eigenvalue weighted by Gasteiger charge is 2.33. The van der Waals surface area contributed by atoms with Gasteiger partial charge in [-0.05, 0) is 41.7 Å². The number of hydrogen-bond acceptors (Lipinski definition) is 1. The van der Waals surface area contributed by atoms with E-state index in [2.05, 4.69) is 26.5 Å². The monoisotopic (exact) mass is 204 g/mol. The van der Waals surface area contributed by atoms with Crippen LogP contribution in [0.4, 0.5) is 0 Å². The Kier molecular flexibility index (Phi) is 2.57. The summed E-state index contributed by atoms with van der Waals surface area (Å²) in [5.74, 6) is 0.759. The minimum Gasteiger partial charge on any atom is -0.289 e. The largest absolute Gasteiger partial charge is 0.289 e. The van der Waals surface area contributed by atoms with Crippen molar-refractivity contribution in [1.29, 1.82) is 0 Å². The van der Waals surface area contributed by atoms with Crippen molar-refractivity contribution in [1.82, 2.24) is 0 Å². The van der Waals surface area contributed by atoms with Crippen LogP contribution in [0.2, 0.25) is 0 Å². The standard InChI is InChI=1S/C14H20O/c1-10-8-14(2,3)9-12(13(10)15)11-6-4-5-7-11/h9,11H,1,4-8H2,2-3H3. The van der Waals surface area contributed by atoms with Gasteiger partial charge >= 0.3 is 0 Å². The molecule has 0 radical (unpaired) electrons. The van der Waals surface area contributed by atoms with Gasteiger partial charge in [-0.15, -0.1) is 0 Å². The number of ketones is 1. The van der Waals surface area contributed by atoms with Gasteiger partial charge in [-0.2, -0.15) is 0 Å². The van der Waals surface area contributed by atoms with Crippen molar-refractivity contribution >= 4 is 5.78 Å². The van der Waals surface area contributed by atoms with Gasteiger partial charge in [0, 0.05) is 0 Å². The van der Waals surface area contributed by atoms with Crippen molar-refractivity contribution in [2.24, 2.45) is 11.3 Å². The molecule has 0 unspecified atom stereocenters. The number of carbonyl (C=O) groups excluding carboxylic acids is 1. The van der Waals surface area contributed by atoms with Gasteiger partial charge in [-0.25, -0.2) is 0 Å². The molecule has 0 spiro atoms. The molecule has 0 aromatic carbocycles. The van der Waals surface area contributed by atoms with E-state index in [1.54, 1.807) is 0 Å². The molecule has 0 bridgehead atoms. The molecule has 82 valence electrons. The third-order valence-corrected chi connectivity index (χ3v) is 3.59. The van der Waals surface area contributed by atoms with Gasteiger partial charge in [0.05, 0.1) is 0 Å². The van der Waals surface area contributed by atoms with Crippen LogP contribution < -0.4 is 0 Å². The molecule has 0 aromatic rings. The first-order chi connectivity index (χ1) is 6.99. The molecule has 2 rings (SSSR count). The summed E-state index contributed by atoms with van der Waals surface area (Å²) in [6.45, 7) is 8.31. The summed E-state index contributed by atoms with van der Waals surface area (Å²) in [6, 6.07) is 0. The van der Waals surface area contributed by atoms with Crippen molar-refractivity contribution in [3.63, 3.8) is 0 Å². The van der Waals surface area contributed by atoms with Crippen molar-refractivity contribution in [2.45, 2.75) is 46.0 Å². The van der Waals surface area contributed by atoms with E-state index >= 15 is 0 Å². The van der Waals surface area contributed by atoms with Crippen LogP contribution in [0, 0.1) is 11.3 Å². The van der Waals surface area contributed by atoms with E-state index in [9.17, 15) is 4.79 Å². The molecule has 1 saturated carbocycles. The van der Waals surface area contributed by atoms with Gasteiger partial charge in [0.2, 0.25) is 0 Å². The van der Waals surface area contributed by atoms with E-state index in [0.29, 0.717) is 5.92 Å². The molecule has 1 heteroatoms. The fourth-order valence-corrected chi connectivity index (χ4v) is 2.91. The smallest absolute Gasteiger partial charge is 0.184 e. The first kappa shape index (κ1) is 10.7. The van der Waals surface area contributed by atoms with Gasteiger partial charge in [0.25, 0.3) is 0 Å². The minimum absolute atomic E-state index is 0.128. The van der Waals surface area contributed by atoms with Gasteiger partial charge in [-0.1, -0.05) is 39.3 Å². The summed E-state index contributed by atoms with van der Waals surface area (Å²) in [5, 5.41) is 0. The minimum atomic E-state index is 0.128. The van der Waals surface area contributed by atoms with Gasteiger partial charge in [0.1, 0.15) is 0 Å². The highest BCUT2D eigenvalue weighted by Crippen LogP contribution is 2.41. The maximum atomic E-state index is 12.0. The zero-order chi connectivity index (χ0) is 11.1. The normalized spacial score (nSPS) is 26.9. The Hall–Kier alpha value is -0.850. The van der Waals surface area contributed by atoms with Crippen LogP contribution in [-0.2, 0) is 4.79 Å². The molecule has 1 fully saturated rings. The third kappa shape index (κ3) is 2.06. The van der Waals surface area contributed by atoms with Crippen LogP contribution in [0.5, 0.6) is 0 Å². The molecule has 0 N–H and O–H groups in total. The first-order valence-electron chi connectivity index (χ1n) is 5.95. The average molecular weight is 204 g/mol. The molecule has 2 aliphatic rings. The number of Topliss-reactive ketones (excluding diaryl/α,β-unsaturated/α-hetero) is 1. The summed E-state index contributed by atoms with van der Waals surface area (Å²) in [7, 11) is 0. The van der Waals surface area contributed by atoms with E-state index in [1.165, 1.54) is 25.7 Å². The SMILES string of the molecule is C=C1CC(C)(C)C=C(C2CCCC2)C1=O. The first-order valence-corrected chi connectivity index (χ1v) is 5.95. The molecule has 2 aliphatic carbocycles. The number of hydrogen-bond donors (Lipinski definition) is 0. The summed E-state index contributed by atoms with van der Waals surface area (Å²) >= 11 is 0. The Morgan fingerprint density at radius 1 is 1.33 bits per heavy atom. The molecule has 15 heavy (non-hydrogen) atoms. The summed E-state index contributed by atoms with van der Waals surface area (Å²) in [5.41, 5.74) is 2.00. The lowest BCUT2D eigenvalue weighted by Crippen LogP contribution is -2.25. The second-order valence-electron chi connectivity index (χ2n) is 5.68. The lowest BCUT2D eigenvalue weighted by atomic mass is 9.73. The van der Waals surface area contributed by atoms with E-state index in [-0.39, 0.29) is 11.2 Å². The zero-order valence-corrected chi connectivity index (χ0v) is 9.81. The third-order valence-electron chi connectivity index (χ3n) is 3.59. The Morgan fingerprint density at radius 3 is 2.53 bits per heavy atom. The molecular formula is C14H20O. The number of carbonyl (C=O) groups is 1. The fraction of sp³-hybridized carbons (Fsp3) is 0.643. The Bertz CT molecular complexity index is 327. The Morgan fingerprint density at radius 2 is 1.93 bits per heavy atom. The summed E-state index contributed by atoms with van der Waals surface area (Å²) in [4.78, 5) is 12.0. The predicted molar refractivity (Wildman–Crippen MR) is 62.6 cm³/mol. The molecule has 0 aliphatic heterocycles. The average Bonchev–Trinajstić information content (AvgIpc) is 2.63. The van der Waals surface area contributed by atoms with Gasteiger partial charge in [-0.3, -0.25) is 4.79 Å². The lowest BCUT2D eigenvalue weighted by Gasteiger charge is -2.30. The quantitative estimate of drug-likeness (QED) is 0.596. The molecule has 1 nitrogen and oxygen atoms in total. The number of allylic oxidation sites excluding steroid dienone is 3. The van der Waals surface area contributed by atoms with Crippen molar-refractivity contribution in [3.05, 3.63) is 23.8 Å². The highest BCUT2D eigenvalue weighted by atomic mass is 16.1. The van der Waals surface area contributed by atoms with E-state index in [1.807, 2.05) is 0 Å². The summed E-state index contributed by atoms with van der Waals surface area (Å²) < 4.78 is 0. The topological polar surface area (TPSA) is 17.1 Å². The van der Waals surface area contributed by atoms with E-state index < -0.39 is 0 Å². The molecule has 0 heterocycles. The lowest BCUT2D eigenvalue weighted by molar-refractivity contribution is -0.113. The molecule has 0 saturated heterocycles. The molecule has 0 aromatic heterocycles. The van der Waals surface area contributed by atoms with E-state index in [0.717, 1.165) is 17.6 Å². The van der Waals surface area contributed by atoms with Crippen LogP contribution in [-0.4, -0.2) is 5.78 Å². The fourth-order valence-electron chi connectivity index (χ4n) is 2.91. The van der Waals surface area contributed by atoms with Gasteiger partial charge < -0.3 is 0 Å². The maximum Gasteiger partial charge on any atom is 0.184 e. The van der Waals surface area contributed by atoms with Gasteiger partial charge in [0.15, 0.2) is 5.78 Å². The van der Waals surface area contributed by atoms with Crippen LogP contribution in [0.15, 0.2) is 23.8 Å². The second kappa shape index (κ2) is 3.62. The summed E-state index contributed by atoms with van der Waals surface area (Å²) in [6.07, 6.45) is 7.98. The Labute approximate surface area is 92.3 Å². The van der Waals surface area contributed by atoms with Crippen molar-refractivity contribution < 1.29 is 4.79 Å². The van der Waals surface area contributed by atoms with Crippen LogP contribution in [0.3, 0.4) is 0 Å². The van der Waals surface area contributed by atoms with E-state index in [4.69, 9.17) is 0 Å². The number of rotatable bonds is 1. The zero-order valence-electron chi connectivity index (χ0n) is 9.81.